The fourth-order valence-electron chi connectivity index (χ4n) is 3.52. The van der Waals surface area contributed by atoms with E-state index in [0.717, 1.165) is 31.2 Å². The van der Waals surface area contributed by atoms with E-state index in [9.17, 15) is 14.7 Å². The zero-order valence-corrected chi connectivity index (χ0v) is 15.0. The van der Waals surface area contributed by atoms with Crippen molar-refractivity contribution >= 4 is 12.1 Å². The van der Waals surface area contributed by atoms with Gasteiger partial charge < -0.3 is 9.84 Å². The Morgan fingerprint density at radius 1 is 1.20 bits per heavy atom. The van der Waals surface area contributed by atoms with Crippen LogP contribution in [-0.2, 0) is 16.1 Å². The predicted octanol–water partition coefficient (Wildman–Crippen LogP) is 4.46. The zero-order valence-electron chi connectivity index (χ0n) is 15.0. The van der Waals surface area contributed by atoms with Gasteiger partial charge in [0.2, 0.25) is 0 Å². The lowest BCUT2D eigenvalue weighted by molar-refractivity contribution is -0.143. The molecule has 1 aromatic rings. The SMILES string of the molecule is CCCN(C(=O)OCc1ccccc1)C(CC1CCCCC1)C(=O)O. The summed E-state index contributed by atoms with van der Waals surface area (Å²) in [4.78, 5) is 25.8. The standard InChI is InChI=1S/C20H29NO4/c1-2-13-21(20(24)25-15-17-11-7-4-8-12-17)18(19(22)23)14-16-9-5-3-6-10-16/h4,7-8,11-12,16,18H,2-3,5-6,9-10,13-15H2,1H3,(H,22,23). The highest BCUT2D eigenvalue weighted by Gasteiger charge is 2.32. The number of carbonyl (C=O) groups is 2. The van der Waals surface area contributed by atoms with Crippen LogP contribution in [0, 0.1) is 5.92 Å². The first-order chi connectivity index (χ1) is 12.1. The summed E-state index contributed by atoms with van der Waals surface area (Å²) in [5.41, 5.74) is 0.895. The summed E-state index contributed by atoms with van der Waals surface area (Å²) >= 11 is 0. The Kier molecular flexibility index (Phi) is 7.76. The van der Waals surface area contributed by atoms with Crippen LogP contribution in [0.1, 0.15) is 57.4 Å². The monoisotopic (exact) mass is 347 g/mol. The maximum absolute atomic E-state index is 12.5. The highest BCUT2D eigenvalue weighted by Crippen LogP contribution is 2.29. The lowest BCUT2D eigenvalue weighted by Gasteiger charge is -2.32. The number of hydrogen-bond acceptors (Lipinski definition) is 3. The van der Waals surface area contributed by atoms with Crippen molar-refractivity contribution in [2.45, 2.75) is 64.5 Å². The Morgan fingerprint density at radius 3 is 2.48 bits per heavy atom. The third-order valence-electron chi connectivity index (χ3n) is 4.85. The molecule has 0 spiro atoms. The van der Waals surface area contributed by atoms with Gasteiger partial charge in [0, 0.05) is 6.54 Å². The lowest BCUT2D eigenvalue weighted by atomic mass is 9.84. The highest BCUT2D eigenvalue weighted by molar-refractivity contribution is 5.80. The van der Waals surface area contributed by atoms with E-state index >= 15 is 0 Å². The van der Waals surface area contributed by atoms with Crippen LogP contribution in [0.25, 0.3) is 0 Å². The first-order valence-electron chi connectivity index (χ1n) is 9.32. The quantitative estimate of drug-likeness (QED) is 0.754. The van der Waals surface area contributed by atoms with E-state index in [-0.39, 0.29) is 6.61 Å². The predicted molar refractivity (Wildman–Crippen MR) is 96.2 cm³/mol. The molecular weight excluding hydrogens is 318 g/mol. The molecule has 0 bridgehead atoms. The molecule has 1 fully saturated rings. The van der Waals surface area contributed by atoms with E-state index in [1.165, 1.54) is 11.3 Å². The first-order valence-corrected chi connectivity index (χ1v) is 9.32. The van der Waals surface area contributed by atoms with Gasteiger partial charge in [-0.05, 0) is 24.3 Å². The molecule has 2 rings (SSSR count). The minimum absolute atomic E-state index is 0.162. The van der Waals surface area contributed by atoms with Crippen molar-refractivity contribution < 1.29 is 19.4 Å². The van der Waals surface area contributed by atoms with Gasteiger partial charge in [-0.2, -0.15) is 0 Å². The molecule has 5 nitrogen and oxygen atoms in total. The fraction of sp³-hybridized carbons (Fsp3) is 0.600. The van der Waals surface area contributed by atoms with E-state index in [0.29, 0.717) is 25.3 Å². The topological polar surface area (TPSA) is 66.8 Å². The Morgan fingerprint density at radius 2 is 1.88 bits per heavy atom. The number of hydrogen-bond donors (Lipinski definition) is 1. The summed E-state index contributed by atoms with van der Waals surface area (Å²) in [7, 11) is 0. The largest absolute Gasteiger partial charge is 0.480 e. The van der Waals surface area contributed by atoms with Gasteiger partial charge in [0.25, 0.3) is 0 Å². The van der Waals surface area contributed by atoms with Crippen LogP contribution in [0.5, 0.6) is 0 Å². The number of rotatable bonds is 8. The number of carbonyl (C=O) groups excluding carboxylic acids is 1. The van der Waals surface area contributed by atoms with Crippen LogP contribution in [-0.4, -0.2) is 34.7 Å². The van der Waals surface area contributed by atoms with Gasteiger partial charge in [0.1, 0.15) is 12.6 Å². The van der Waals surface area contributed by atoms with Gasteiger partial charge in [-0.25, -0.2) is 9.59 Å². The summed E-state index contributed by atoms with van der Waals surface area (Å²) in [5, 5.41) is 9.69. The molecular formula is C20H29NO4. The molecule has 1 atom stereocenters. The number of carboxylic acid groups (broad SMARTS) is 1. The van der Waals surface area contributed by atoms with Crippen LogP contribution in [0.2, 0.25) is 0 Å². The van der Waals surface area contributed by atoms with Crippen molar-refractivity contribution in [1.29, 1.82) is 0 Å². The molecule has 5 heteroatoms. The van der Waals surface area contributed by atoms with Crippen molar-refractivity contribution in [1.82, 2.24) is 4.90 Å². The van der Waals surface area contributed by atoms with Crippen LogP contribution in [0.15, 0.2) is 30.3 Å². The molecule has 0 heterocycles. The summed E-state index contributed by atoms with van der Waals surface area (Å²) in [5.74, 6) is -0.549. The molecule has 1 amide bonds. The van der Waals surface area contributed by atoms with Gasteiger partial charge in [0.15, 0.2) is 0 Å². The summed E-state index contributed by atoms with van der Waals surface area (Å²) in [6.07, 6.45) is 6.35. The molecule has 1 aliphatic rings. The van der Waals surface area contributed by atoms with Gasteiger partial charge >= 0.3 is 12.1 Å². The van der Waals surface area contributed by atoms with Crippen LogP contribution in [0.3, 0.4) is 0 Å². The maximum atomic E-state index is 12.5. The summed E-state index contributed by atoms with van der Waals surface area (Å²) in [6.45, 7) is 2.50. The number of carboxylic acids is 1. The van der Waals surface area contributed by atoms with Gasteiger partial charge in [-0.15, -0.1) is 0 Å². The van der Waals surface area contributed by atoms with Crippen LogP contribution in [0.4, 0.5) is 4.79 Å². The number of ether oxygens (including phenoxy) is 1. The first kappa shape index (κ1) is 19.3. The molecule has 1 N–H and O–H groups in total. The smallest absolute Gasteiger partial charge is 0.410 e. The van der Waals surface area contributed by atoms with E-state index in [1.54, 1.807) is 0 Å². The van der Waals surface area contributed by atoms with Crippen molar-refractivity contribution in [3.8, 4) is 0 Å². The Bertz CT molecular complexity index is 540. The molecule has 0 saturated heterocycles. The Balaban J connectivity index is 2.00. The van der Waals surface area contributed by atoms with Gasteiger partial charge in [-0.3, -0.25) is 4.90 Å². The van der Waals surface area contributed by atoms with Gasteiger partial charge in [-0.1, -0.05) is 69.4 Å². The molecule has 1 saturated carbocycles. The molecule has 1 aromatic carbocycles. The number of aliphatic carboxylic acids is 1. The highest BCUT2D eigenvalue weighted by atomic mass is 16.6. The molecule has 25 heavy (non-hydrogen) atoms. The summed E-state index contributed by atoms with van der Waals surface area (Å²) < 4.78 is 5.39. The fourth-order valence-corrected chi connectivity index (χ4v) is 3.52. The van der Waals surface area contributed by atoms with Crippen molar-refractivity contribution in [2.24, 2.45) is 5.92 Å². The second kappa shape index (κ2) is 10.1. The second-order valence-electron chi connectivity index (χ2n) is 6.83. The van der Waals surface area contributed by atoms with Crippen LogP contribution >= 0.6 is 0 Å². The van der Waals surface area contributed by atoms with E-state index in [4.69, 9.17) is 4.74 Å². The van der Waals surface area contributed by atoms with Crippen LogP contribution < -0.4 is 0 Å². The third kappa shape index (κ3) is 6.07. The normalized spacial score (nSPS) is 16.2. The van der Waals surface area contributed by atoms with E-state index in [1.807, 2.05) is 37.3 Å². The number of amides is 1. The average Bonchev–Trinajstić information content (AvgIpc) is 2.64. The maximum Gasteiger partial charge on any atom is 0.410 e. The lowest BCUT2D eigenvalue weighted by Crippen LogP contribution is -2.46. The molecule has 1 unspecified atom stereocenters. The molecule has 1 aliphatic carbocycles. The number of benzene rings is 1. The molecule has 0 aliphatic heterocycles. The number of nitrogens with zero attached hydrogens (tertiary/aromatic N) is 1. The third-order valence-corrected chi connectivity index (χ3v) is 4.85. The van der Waals surface area contributed by atoms with E-state index < -0.39 is 18.1 Å². The average molecular weight is 347 g/mol. The molecule has 0 radical (unpaired) electrons. The Labute approximate surface area is 150 Å². The molecule has 0 aromatic heterocycles. The van der Waals surface area contributed by atoms with E-state index in [2.05, 4.69) is 0 Å². The Hall–Kier alpha value is -2.04. The zero-order chi connectivity index (χ0) is 18.1. The minimum Gasteiger partial charge on any atom is -0.480 e. The molecule has 138 valence electrons. The second-order valence-corrected chi connectivity index (χ2v) is 6.83. The minimum atomic E-state index is -0.935. The van der Waals surface area contributed by atoms with Crippen molar-refractivity contribution in [2.75, 3.05) is 6.54 Å². The summed E-state index contributed by atoms with van der Waals surface area (Å²) in [6, 6.07) is 8.64. The van der Waals surface area contributed by atoms with Crippen molar-refractivity contribution in [3.63, 3.8) is 0 Å². The van der Waals surface area contributed by atoms with Crippen molar-refractivity contribution in [3.05, 3.63) is 35.9 Å². The van der Waals surface area contributed by atoms with Gasteiger partial charge in [0.05, 0.1) is 0 Å².